The Labute approximate surface area is 182 Å². The van der Waals surface area contributed by atoms with Crippen LogP contribution in [0, 0.1) is 11.3 Å². The summed E-state index contributed by atoms with van der Waals surface area (Å²) < 4.78 is 104. The summed E-state index contributed by atoms with van der Waals surface area (Å²) >= 11 is 6.33. The number of nitrogens with zero attached hydrogens (tertiary/aromatic N) is 1. The molecule has 1 N–H and O–H groups in total. The van der Waals surface area contributed by atoms with Gasteiger partial charge < -0.3 is 5.32 Å². The van der Waals surface area contributed by atoms with Crippen LogP contribution in [0.1, 0.15) is 11.1 Å². The summed E-state index contributed by atoms with van der Waals surface area (Å²) in [6.07, 6.45) is -8.88. The zero-order valence-electron chi connectivity index (χ0n) is 15.3. The molecule has 0 saturated carbocycles. The number of thioether (sulfide) groups is 1. The standard InChI is InChI=1S/C18H11ClF6N2O2S2/c1-30-16(15(9-26)31(28,29)14-4-2-12(19)3-5-14)27-13-7-10(17(20,21)22)6-11(8-13)18(23,24)25/h2-8,27H,1H3/b16-15+. The van der Waals surface area contributed by atoms with Crippen molar-refractivity contribution < 1.29 is 34.8 Å². The Kier molecular flexibility index (Phi) is 7.24. The van der Waals surface area contributed by atoms with Crippen molar-refractivity contribution in [3.05, 3.63) is 68.5 Å². The molecule has 0 atom stereocenters. The predicted octanol–water partition coefficient (Wildman–Crippen LogP) is 6.32. The minimum Gasteiger partial charge on any atom is -0.349 e. The van der Waals surface area contributed by atoms with Gasteiger partial charge in [-0.1, -0.05) is 11.6 Å². The van der Waals surface area contributed by atoms with E-state index in [0.29, 0.717) is 23.9 Å². The van der Waals surface area contributed by atoms with Gasteiger partial charge in [0, 0.05) is 10.7 Å². The Morgan fingerprint density at radius 1 is 1.00 bits per heavy atom. The van der Waals surface area contributed by atoms with Crippen LogP contribution in [0.4, 0.5) is 32.0 Å². The van der Waals surface area contributed by atoms with Crippen molar-refractivity contribution in [3.8, 4) is 6.07 Å². The molecule has 0 amide bonds. The average molecular weight is 501 g/mol. The molecule has 0 bridgehead atoms. The summed E-state index contributed by atoms with van der Waals surface area (Å²) in [7, 11) is -4.44. The lowest BCUT2D eigenvalue weighted by Gasteiger charge is -2.17. The van der Waals surface area contributed by atoms with Crippen LogP contribution in [0.3, 0.4) is 0 Å². The minimum atomic E-state index is -5.09. The van der Waals surface area contributed by atoms with E-state index in [2.05, 4.69) is 5.32 Å². The van der Waals surface area contributed by atoms with E-state index < -0.39 is 48.9 Å². The van der Waals surface area contributed by atoms with Crippen LogP contribution in [0.15, 0.2) is 57.3 Å². The fourth-order valence-electron chi connectivity index (χ4n) is 2.32. The number of nitriles is 1. The van der Waals surface area contributed by atoms with Crippen molar-refractivity contribution in [2.45, 2.75) is 17.2 Å². The maximum absolute atomic E-state index is 13.1. The Bertz CT molecular complexity index is 1120. The fraction of sp³-hybridized carbons (Fsp3) is 0.167. The van der Waals surface area contributed by atoms with Gasteiger partial charge in [-0.2, -0.15) is 31.6 Å². The van der Waals surface area contributed by atoms with Crippen molar-refractivity contribution >= 4 is 38.9 Å². The summed E-state index contributed by atoms with van der Waals surface area (Å²) in [5, 5.41) is 11.4. The first kappa shape index (κ1) is 24.9. The molecule has 0 saturated heterocycles. The number of hydrogen-bond donors (Lipinski definition) is 1. The predicted molar refractivity (Wildman–Crippen MR) is 105 cm³/mol. The van der Waals surface area contributed by atoms with Crippen molar-refractivity contribution in [1.82, 2.24) is 0 Å². The van der Waals surface area contributed by atoms with Gasteiger partial charge in [-0.3, -0.25) is 0 Å². The maximum atomic E-state index is 13.1. The molecule has 0 heterocycles. The lowest BCUT2D eigenvalue weighted by molar-refractivity contribution is -0.143. The maximum Gasteiger partial charge on any atom is 0.416 e. The van der Waals surface area contributed by atoms with E-state index in [1.165, 1.54) is 24.5 Å². The number of hydrogen-bond acceptors (Lipinski definition) is 5. The van der Waals surface area contributed by atoms with E-state index in [0.717, 1.165) is 12.1 Å². The second kappa shape index (κ2) is 9.02. The first-order chi connectivity index (χ1) is 14.2. The number of sulfone groups is 1. The number of anilines is 1. The van der Waals surface area contributed by atoms with Crippen LogP contribution in [-0.2, 0) is 22.2 Å². The molecular weight excluding hydrogens is 490 g/mol. The Morgan fingerprint density at radius 3 is 1.87 bits per heavy atom. The zero-order valence-corrected chi connectivity index (χ0v) is 17.7. The van der Waals surface area contributed by atoms with Crippen molar-refractivity contribution in [2.24, 2.45) is 0 Å². The fourth-order valence-corrected chi connectivity index (χ4v) is 4.62. The van der Waals surface area contributed by atoms with Gasteiger partial charge in [0.1, 0.15) is 11.1 Å². The van der Waals surface area contributed by atoms with Crippen LogP contribution in [0.5, 0.6) is 0 Å². The normalized spacial score (nSPS) is 13.4. The van der Waals surface area contributed by atoms with E-state index in [-0.39, 0.29) is 16.0 Å². The first-order valence-corrected chi connectivity index (χ1v) is 11.0. The molecule has 31 heavy (non-hydrogen) atoms. The highest BCUT2D eigenvalue weighted by Gasteiger charge is 2.37. The summed E-state index contributed by atoms with van der Waals surface area (Å²) in [4.78, 5) is -1.21. The summed E-state index contributed by atoms with van der Waals surface area (Å²) in [6, 6.07) is 6.87. The molecule has 4 nitrogen and oxygen atoms in total. The van der Waals surface area contributed by atoms with Gasteiger partial charge in [0.15, 0.2) is 4.91 Å². The van der Waals surface area contributed by atoms with Gasteiger partial charge in [-0.15, -0.1) is 11.8 Å². The molecule has 2 aromatic rings. The average Bonchev–Trinajstić information content (AvgIpc) is 2.66. The lowest BCUT2D eigenvalue weighted by Crippen LogP contribution is -2.13. The van der Waals surface area contributed by atoms with Gasteiger partial charge >= 0.3 is 12.4 Å². The molecule has 0 spiro atoms. The van der Waals surface area contributed by atoms with Crippen molar-refractivity contribution in [1.29, 1.82) is 5.26 Å². The summed E-state index contributed by atoms with van der Waals surface area (Å²) in [6.45, 7) is 0. The molecule has 2 aromatic carbocycles. The highest BCUT2D eigenvalue weighted by atomic mass is 35.5. The summed E-state index contributed by atoms with van der Waals surface area (Å²) in [5.74, 6) is 0. The molecule has 166 valence electrons. The van der Waals surface area contributed by atoms with Gasteiger partial charge in [0.2, 0.25) is 9.84 Å². The van der Waals surface area contributed by atoms with E-state index in [9.17, 15) is 40.0 Å². The molecule has 0 aliphatic carbocycles. The quantitative estimate of drug-likeness (QED) is 0.384. The molecule has 0 aliphatic heterocycles. The second-order valence-corrected chi connectivity index (χ2v) is 8.99. The molecule has 0 aromatic heterocycles. The Hall–Kier alpha value is -2.36. The third-order valence-electron chi connectivity index (χ3n) is 3.75. The molecule has 0 unspecified atom stereocenters. The number of allylic oxidation sites excluding steroid dienone is 1. The molecule has 0 aliphatic rings. The Morgan fingerprint density at radius 2 is 1.48 bits per heavy atom. The minimum absolute atomic E-state index is 0.0662. The van der Waals surface area contributed by atoms with Crippen LogP contribution in [0.25, 0.3) is 0 Å². The smallest absolute Gasteiger partial charge is 0.349 e. The molecule has 0 fully saturated rings. The number of nitrogens with one attached hydrogen (secondary N) is 1. The SMILES string of the molecule is CS/C(Nc1cc(C(F)(F)F)cc(C(F)(F)F)c1)=C(\C#N)S(=O)(=O)c1ccc(Cl)cc1. The van der Waals surface area contributed by atoms with Gasteiger partial charge in [0.25, 0.3) is 0 Å². The highest BCUT2D eigenvalue weighted by Crippen LogP contribution is 2.38. The third-order valence-corrected chi connectivity index (χ3v) is 6.57. The van der Waals surface area contributed by atoms with Crippen LogP contribution in [-0.4, -0.2) is 14.7 Å². The lowest BCUT2D eigenvalue weighted by atomic mass is 10.1. The summed E-state index contributed by atoms with van der Waals surface area (Å²) in [5.41, 5.74) is -3.88. The largest absolute Gasteiger partial charge is 0.416 e. The number of benzene rings is 2. The van der Waals surface area contributed by atoms with E-state index in [4.69, 9.17) is 11.6 Å². The van der Waals surface area contributed by atoms with Crippen molar-refractivity contribution in [3.63, 3.8) is 0 Å². The van der Waals surface area contributed by atoms with Crippen LogP contribution in [0.2, 0.25) is 5.02 Å². The van der Waals surface area contributed by atoms with Crippen LogP contribution >= 0.6 is 23.4 Å². The van der Waals surface area contributed by atoms with E-state index in [1.54, 1.807) is 0 Å². The Balaban J connectivity index is 2.64. The molecule has 2 rings (SSSR count). The second-order valence-electron chi connectivity index (χ2n) is 5.85. The van der Waals surface area contributed by atoms with E-state index in [1.807, 2.05) is 0 Å². The molecule has 0 radical (unpaired) electrons. The first-order valence-electron chi connectivity index (χ1n) is 7.95. The third kappa shape index (κ3) is 5.87. The van der Waals surface area contributed by atoms with Gasteiger partial charge in [0.05, 0.1) is 16.0 Å². The van der Waals surface area contributed by atoms with Gasteiger partial charge in [-0.05, 0) is 48.7 Å². The number of halogens is 7. The zero-order chi connectivity index (χ0) is 23.6. The molecular formula is C18H11ClF6N2O2S2. The van der Waals surface area contributed by atoms with E-state index >= 15 is 0 Å². The highest BCUT2D eigenvalue weighted by molar-refractivity contribution is 8.04. The number of rotatable bonds is 5. The monoisotopic (exact) mass is 500 g/mol. The van der Waals surface area contributed by atoms with Crippen molar-refractivity contribution in [2.75, 3.05) is 11.6 Å². The molecule has 13 heteroatoms. The topological polar surface area (TPSA) is 70.0 Å². The van der Waals surface area contributed by atoms with Gasteiger partial charge in [-0.25, -0.2) is 8.42 Å². The number of alkyl halides is 6. The van der Waals surface area contributed by atoms with Crippen LogP contribution < -0.4 is 5.32 Å².